The summed E-state index contributed by atoms with van der Waals surface area (Å²) in [5.41, 5.74) is -1.21. The van der Waals surface area contributed by atoms with Crippen LogP contribution in [0.25, 0.3) is 0 Å². The number of amides is 2. The van der Waals surface area contributed by atoms with Crippen molar-refractivity contribution in [1.29, 1.82) is 0 Å². The molecule has 0 saturated carbocycles. The van der Waals surface area contributed by atoms with Crippen LogP contribution < -0.4 is 10.6 Å². The van der Waals surface area contributed by atoms with E-state index < -0.39 is 23.8 Å². The van der Waals surface area contributed by atoms with Gasteiger partial charge >= 0.3 is 12.2 Å². The minimum atomic E-state index is -4.54. The number of anilines is 1. The first kappa shape index (κ1) is 16.8. The summed E-state index contributed by atoms with van der Waals surface area (Å²) in [6.45, 7) is 4.18. The van der Waals surface area contributed by atoms with E-state index in [2.05, 4.69) is 20.8 Å². The fraction of sp³-hybridized carbons (Fsp3) is 0.357. The fourth-order valence-corrected chi connectivity index (χ4v) is 2.10. The molecular weight excluding hydrogens is 311 g/mol. The quantitative estimate of drug-likeness (QED) is 0.906. The Bertz CT molecular complexity index is 683. The summed E-state index contributed by atoms with van der Waals surface area (Å²) in [4.78, 5) is 11.9. The summed E-state index contributed by atoms with van der Waals surface area (Å²) in [7, 11) is 0. The Labute approximate surface area is 130 Å². The number of hydrogen-bond donors (Lipinski definition) is 2. The van der Waals surface area contributed by atoms with Crippen LogP contribution in [0.5, 0.6) is 0 Å². The summed E-state index contributed by atoms with van der Waals surface area (Å²) in [5.74, 6) is 0.520. The Morgan fingerprint density at radius 1 is 1.35 bits per heavy atom. The monoisotopic (exact) mass is 327 g/mol. The second kappa shape index (κ2) is 6.67. The van der Waals surface area contributed by atoms with E-state index in [0.29, 0.717) is 12.4 Å². The van der Waals surface area contributed by atoms with Crippen molar-refractivity contribution >= 4 is 11.7 Å². The molecule has 0 bridgehead atoms. The maximum Gasteiger partial charge on any atom is 0.418 e. The summed E-state index contributed by atoms with van der Waals surface area (Å²) < 4.78 is 40.4. The van der Waals surface area contributed by atoms with Gasteiger partial charge in [-0.2, -0.15) is 13.2 Å². The Hall–Kier alpha value is -2.58. The number of aryl methyl sites for hydroxylation is 1. The van der Waals surface area contributed by atoms with Crippen LogP contribution in [-0.2, 0) is 12.7 Å². The highest BCUT2D eigenvalue weighted by atomic mass is 19.4. The average molecular weight is 327 g/mol. The lowest BCUT2D eigenvalue weighted by Gasteiger charge is -2.17. The predicted molar refractivity (Wildman–Crippen MR) is 77.7 cm³/mol. The number of benzene rings is 1. The van der Waals surface area contributed by atoms with Gasteiger partial charge < -0.3 is 15.2 Å². The van der Waals surface area contributed by atoms with Gasteiger partial charge in [-0.1, -0.05) is 12.1 Å². The molecule has 2 amide bonds. The Kier molecular flexibility index (Phi) is 4.87. The molecule has 0 radical (unpaired) electrons. The van der Waals surface area contributed by atoms with Gasteiger partial charge in [-0.15, -0.1) is 10.2 Å². The first-order valence-corrected chi connectivity index (χ1v) is 6.94. The van der Waals surface area contributed by atoms with Crippen molar-refractivity contribution in [3.8, 4) is 0 Å². The number of carbonyl (C=O) groups excluding carboxylic acids is 1. The lowest BCUT2D eigenvalue weighted by molar-refractivity contribution is -0.136. The minimum absolute atomic E-state index is 0.304. The fourth-order valence-electron chi connectivity index (χ4n) is 2.10. The number of rotatable bonds is 4. The van der Waals surface area contributed by atoms with Gasteiger partial charge in [-0.25, -0.2) is 4.79 Å². The van der Waals surface area contributed by atoms with Crippen LogP contribution in [0.4, 0.5) is 23.7 Å². The Balaban J connectivity index is 2.09. The standard InChI is InChI=1S/C14H16F3N5O/c1-3-22-8-18-21-12(22)9(2)19-13(23)20-11-7-5-4-6-10(11)14(15,16)17/h4-9H,3H2,1-2H3,(H2,19,20,23)/t9-/m1/s1. The van der Waals surface area contributed by atoms with Gasteiger partial charge in [0.15, 0.2) is 5.82 Å². The molecule has 6 nitrogen and oxygen atoms in total. The van der Waals surface area contributed by atoms with Crippen molar-refractivity contribution < 1.29 is 18.0 Å². The average Bonchev–Trinajstić information content (AvgIpc) is 2.95. The van der Waals surface area contributed by atoms with Crippen LogP contribution >= 0.6 is 0 Å². The number of nitrogens with one attached hydrogen (secondary N) is 2. The van der Waals surface area contributed by atoms with E-state index in [-0.39, 0.29) is 5.69 Å². The van der Waals surface area contributed by atoms with Gasteiger partial charge in [0, 0.05) is 6.54 Å². The van der Waals surface area contributed by atoms with Crippen molar-refractivity contribution in [1.82, 2.24) is 20.1 Å². The zero-order chi connectivity index (χ0) is 17.0. The molecule has 2 N–H and O–H groups in total. The maximum atomic E-state index is 12.9. The summed E-state index contributed by atoms with van der Waals surface area (Å²) >= 11 is 0. The number of alkyl halides is 3. The van der Waals surface area contributed by atoms with E-state index in [1.165, 1.54) is 24.5 Å². The third-order valence-electron chi connectivity index (χ3n) is 3.20. The molecular formula is C14H16F3N5O. The Morgan fingerprint density at radius 2 is 2.04 bits per heavy atom. The third-order valence-corrected chi connectivity index (χ3v) is 3.20. The second-order valence-electron chi connectivity index (χ2n) is 4.84. The number of aromatic nitrogens is 3. The number of carbonyl (C=O) groups is 1. The molecule has 0 aliphatic carbocycles. The molecule has 124 valence electrons. The molecule has 0 spiro atoms. The zero-order valence-corrected chi connectivity index (χ0v) is 12.6. The molecule has 1 atom stereocenters. The van der Waals surface area contributed by atoms with E-state index in [4.69, 9.17) is 0 Å². The topological polar surface area (TPSA) is 71.8 Å². The molecule has 1 aromatic heterocycles. The van der Waals surface area contributed by atoms with Crippen LogP contribution in [0, 0.1) is 0 Å². The van der Waals surface area contributed by atoms with Crippen molar-refractivity contribution in [3.63, 3.8) is 0 Å². The summed E-state index contributed by atoms with van der Waals surface area (Å²) in [6, 6.07) is 3.53. The molecule has 1 heterocycles. The van der Waals surface area contributed by atoms with Crippen LogP contribution in [0.3, 0.4) is 0 Å². The SMILES string of the molecule is CCn1cnnc1[C@@H](C)NC(=O)Nc1ccccc1C(F)(F)F. The molecule has 0 aliphatic heterocycles. The lowest BCUT2D eigenvalue weighted by Crippen LogP contribution is -2.33. The molecule has 9 heteroatoms. The molecule has 0 aliphatic rings. The van der Waals surface area contributed by atoms with E-state index in [0.717, 1.165) is 6.07 Å². The Morgan fingerprint density at radius 3 is 2.70 bits per heavy atom. The highest BCUT2D eigenvalue weighted by Gasteiger charge is 2.33. The van der Waals surface area contributed by atoms with Crippen LogP contribution in [0.1, 0.15) is 31.3 Å². The summed E-state index contributed by atoms with van der Waals surface area (Å²) in [6.07, 6.45) is -3.03. The van der Waals surface area contributed by atoms with Gasteiger partial charge in [0.25, 0.3) is 0 Å². The smallest absolute Gasteiger partial charge is 0.328 e. The highest BCUT2D eigenvalue weighted by molar-refractivity contribution is 5.90. The first-order chi connectivity index (χ1) is 10.8. The van der Waals surface area contributed by atoms with E-state index >= 15 is 0 Å². The van der Waals surface area contributed by atoms with Gasteiger partial charge in [0.05, 0.1) is 17.3 Å². The van der Waals surface area contributed by atoms with Gasteiger partial charge in [0.1, 0.15) is 6.33 Å². The largest absolute Gasteiger partial charge is 0.418 e. The minimum Gasteiger partial charge on any atom is -0.328 e. The first-order valence-electron chi connectivity index (χ1n) is 6.94. The van der Waals surface area contributed by atoms with Crippen LogP contribution in [-0.4, -0.2) is 20.8 Å². The number of hydrogen-bond acceptors (Lipinski definition) is 3. The molecule has 0 saturated heterocycles. The van der Waals surface area contributed by atoms with Gasteiger partial charge in [-0.05, 0) is 26.0 Å². The third kappa shape index (κ3) is 3.99. The number of urea groups is 1. The van der Waals surface area contributed by atoms with E-state index in [1.54, 1.807) is 11.5 Å². The normalized spacial score (nSPS) is 12.7. The van der Waals surface area contributed by atoms with E-state index in [9.17, 15) is 18.0 Å². The summed E-state index contributed by atoms with van der Waals surface area (Å²) in [5, 5.41) is 12.4. The predicted octanol–water partition coefficient (Wildman–Crippen LogP) is 3.20. The molecule has 1 aromatic carbocycles. The van der Waals surface area contributed by atoms with Gasteiger partial charge in [0.2, 0.25) is 0 Å². The van der Waals surface area contributed by atoms with Crippen molar-refractivity contribution in [2.45, 2.75) is 32.6 Å². The van der Waals surface area contributed by atoms with Crippen molar-refractivity contribution in [3.05, 3.63) is 42.0 Å². The molecule has 0 fully saturated rings. The van der Waals surface area contributed by atoms with Crippen LogP contribution in [0.15, 0.2) is 30.6 Å². The number of nitrogens with zero attached hydrogens (tertiary/aromatic N) is 3. The van der Waals surface area contributed by atoms with Crippen molar-refractivity contribution in [2.24, 2.45) is 0 Å². The molecule has 0 unspecified atom stereocenters. The highest BCUT2D eigenvalue weighted by Crippen LogP contribution is 2.34. The van der Waals surface area contributed by atoms with E-state index in [1.807, 2.05) is 6.92 Å². The lowest BCUT2D eigenvalue weighted by atomic mass is 10.1. The second-order valence-corrected chi connectivity index (χ2v) is 4.84. The number of para-hydroxylation sites is 1. The molecule has 2 aromatic rings. The van der Waals surface area contributed by atoms with Gasteiger partial charge in [-0.3, -0.25) is 0 Å². The van der Waals surface area contributed by atoms with Crippen molar-refractivity contribution in [2.75, 3.05) is 5.32 Å². The number of halogens is 3. The molecule has 2 rings (SSSR count). The zero-order valence-electron chi connectivity index (χ0n) is 12.6. The maximum absolute atomic E-state index is 12.9. The molecule has 23 heavy (non-hydrogen) atoms. The van der Waals surface area contributed by atoms with Crippen LogP contribution in [0.2, 0.25) is 0 Å².